The third-order valence-electron chi connectivity index (χ3n) is 29.1. The van der Waals surface area contributed by atoms with Crippen molar-refractivity contribution < 1.29 is 90.5 Å². The van der Waals surface area contributed by atoms with E-state index in [1.807, 2.05) is 0 Å². The molecule has 3 N–H and O–H groups in total. The first kappa shape index (κ1) is 52.4. The van der Waals surface area contributed by atoms with Gasteiger partial charge in [0.25, 0.3) is 0 Å². The zero-order valence-electron chi connectivity index (χ0n) is 52.6. The first-order chi connectivity index (χ1) is 49.7. The highest BCUT2D eigenvalue weighted by Gasteiger charge is 3.01. The number of rotatable bonds is 22. The standard InChI is InChI=1S/C77H31NO8.C4HF9O3S/c1-81-7-8-82-9-10-83-11-12-84-13-14-86-74(80)77(73(79)85-6-4-2-3-5-78)75-69-61-53-43-33-25-17-15-16-19-23-21(17)29-37-31(23)41-35-27(19)28-20(16)24-22-18(15)26(25)34-40-30(22)38-32(24)42-36(28)46-45(35)55-49(41)59-51(37)57(47(53)39(29)33)65(69)67(59)71-63(55)64-56(46)50(42)60-52(38)58-48(40)54(44(34)43)62(61)70(75)66(58)68(60)72(64)76(71,75)77;5-1(6,3(9,10)11)2(7,8)4(12,13)17(14,15)16/h2-14,78H2,1H3;(H,14,15,16). The molecule has 0 heterocycles. The van der Waals surface area contributed by atoms with Crippen molar-refractivity contribution in [2.75, 3.05) is 73.1 Å². The van der Waals surface area contributed by atoms with E-state index in [0.717, 1.165) is 12.8 Å². The Kier molecular flexibility index (Phi) is 6.99. The molecular weight excluding hydrogens is 1370 g/mol. The van der Waals surface area contributed by atoms with Crippen LogP contribution in [0.15, 0.2) is 0 Å². The molecule has 1 fully saturated rings. The molecule has 28 aromatic rings. The number of carbonyl (C=O) groups excluding carboxylic acids is 2. The minimum Gasteiger partial charge on any atom is -0.465 e. The van der Waals surface area contributed by atoms with E-state index in [0.29, 0.717) is 52.6 Å². The van der Waals surface area contributed by atoms with Crippen LogP contribution in [0.25, 0.3) is 291 Å². The molecule has 28 aromatic carbocycles. The number of hydrogen-bond donors (Lipinski definition) is 2. The van der Waals surface area contributed by atoms with Gasteiger partial charge in [0, 0.05) is 7.11 Å². The first-order valence-electron chi connectivity index (χ1n) is 34.9. The van der Waals surface area contributed by atoms with E-state index < -0.39 is 61.6 Å². The second kappa shape index (κ2) is 13.7. The van der Waals surface area contributed by atoms with Gasteiger partial charge in [-0.1, -0.05) is 0 Å². The fraction of sp³-hybridized carbons (Fsp3) is 0.259. The van der Waals surface area contributed by atoms with Crippen molar-refractivity contribution in [3.63, 3.8) is 0 Å². The molecule has 0 aromatic heterocycles. The second-order valence-electron chi connectivity index (χ2n) is 31.6. The number of alkyl halides is 9. The normalized spacial score (nSPS) is 21.0. The molecule has 0 aliphatic heterocycles. The van der Waals surface area contributed by atoms with E-state index in [9.17, 15) is 47.9 Å². The quantitative estimate of drug-likeness (QED) is 0.0165. The molecule has 33 rings (SSSR count). The molecule has 5 aliphatic carbocycles. The van der Waals surface area contributed by atoms with Gasteiger partial charge in [-0.3, -0.25) is 14.1 Å². The number of esters is 2. The lowest BCUT2D eigenvalue weighted by molar-refractivity contribution is -0.382. The topological polar surface area (TPSA) is 170 Å². The van der Waals surface area contributed by atoms with Gasteiger partial charge in [-0.2, -0.15) is 47.9 Å². The first-order valence-corrected chi connectivity index (χ1v) is 36.3. The number of ether oxygens (including phenoxy) is 6. The molecule has 0 saturated heterocycles. The summed E-state index contributed by atoms with van der Waals surface area (Å²) in [5.41, 5.74) is 6.96. The molecular formula is C81H32F9NO11S. The molecule has 5 aliphatic rings. The summed E-state index contributed by atoms with van der Waals surface area (Å²) in [5, 5.41) is 71.8. The zero-order valence-corrected chi connectivity index (χ0v) is 53.4. The summed E-state index contributed by atoms with van der Waals surface area (Å²) >= 11 is 0. The van der Waals surface area contributed by atoms with Crippen LogP contribution in [0.2, 0.25) is 0 Å². The summed E-state index contributed by atoms with van der Waals surface area (Å²) in [7, 11) is -5.50. The maximum atomic E-state index is 17.4. The third-order valence-corrected chi connectivity index (χ3v) is 30.0. The van der Waals surface area contributed by atoms with Crippen molar-refractivity contribution in [1.29, 1.82) is 0 Å². The van der Waals surface area contributed by atoms with Crippen molar-refractivity contribution in [1.82, 2.24) is 0 Å². The summed E-state index contributed by atoms with van der Waals surface area (Å²) in [6, 6.07) is 0. The van der Waals surface area contributed by atoms with Gasteiger partial charge >= 0.3 is 45.3 Å². The maximum absolute atomic E-state index is 17.4. The molecule has 1 saturated carbocycles. The number of halogens is 9. The van der Waals surface area contributed by atoms with Gasteiger partial charge in [0.15, 0.2) is 5.41 Å². The van der Waals surface area contributed by atoms with E-state index in [2.05, 4.69) is 0 Å². The van der Waals surface area contributed by atoms with E-state index in [-0.39, 0.29) is 19.8 Å². The Morgan fingerprint density at radius 1 is 0.320 bits per heavy atom. The van der Waals surface area contributed by atoms with Crippen LogP contribution in [0.5, 0.6) is 0 Å². The Morgan fingerprint density at radius 3 is 0.748 bits per heavy atom. The molecule has 0 atom stereocenters. The van der Waals surface area contributed by atoms with Crippen LogP contribution in [0.1, 0.15) is 41.5 Å². The predicted molar refractivity (Wildman–Crippen MR) is 378 cm³/mol. The van der Waals surface area contributed by atoms with Crippen LogP contribution in [0, 0.1) is 5.41 Å². The Bertz CT molecular complexity index is 7890. The predicted octanol–water partition coefficient (Wildman–Crippen LogP) is 18.5. The van der Waals surface area contributed by atoms with E-state index in [1.54, 1.807) is 61.0 Å². The van der Waals surface area contributed by atoms with Gasteiger partial charge in [0.2, 0.25) is 0 Å². The molecule has 0 unspecified atom stereocenters. The lowest BCUT2D eigenvalue weighted by Crippen LogP contribution is -2.63. The van der Waals surface area contributed by atoms with E-state index >= 15 is 9.59 Å². The highest BCUT2D eigenvalue weighted by atomic mass is 32.2. The SMILES string of the molecule is COCCOCCOCCOCCOC(=O)C1(C(=O)OCCCCCN)C23c4c5c6c7c8c9c(c%10c%11c2c2c4c4c%12c5c5c6c6c8c8c%13c9c9c%10c%10c%11c%11c2c2c4c4c%12c%12c5c5c6c8c6c8c%13c9c9c%10c%10c%11c2c2c4c4c%12c5c6c5c8c9c%10c2c45)C713.O=S(=O)(O)C(F)(F)C(F)(F)C(F)(F)C(F)(F)F. The van der Waals surface area contributed by atoms with Crippen LogP contribution in [0.4, 0.5) is 39.5 Å². The van der Waals surface area contributed by atoms with Crippen LogP contribution in [0.3, 0.4) is 0 Å². The zero-order chi connectivity index (χ0) is 68.1. The van der Waals surface area contributed by atoms with Crippen molar-refractivity contribution in [2.24, 2.45) is 11.1 Å². The Labute approximate surface area is 560 Å². The molecule has 496 valence electrons. The molecule has 0 amide bonds. The van der Waals surface area contributed by atoms with Crippen LogP contribution in [-0.4, -0.2) is 121 Å². The lowest BCUT2D eigenvalue weighted by Gasteiger charge is -2.32. The van der Waals surface area contributed by atoms with Gasteiger partial charge in [-0.05, 0) is 339 Å². The largest absolute Gasteiger partial charge is 0.465 e. The number of nitrogens with two attached hydrogens (primary N) is 1. The van der Waals surface area contributed by atoms with Crippen molar-refractivity contribution >= 4 is 313 Å². The molecule has 0 radical (unpaired) electrons. The van der Waals surface area contributed by atoms with Gasteiger partial charge in [-0.15, -0.1) is 0 Å². The monoisotopic (exact) mass is 1400 g/mol. The Balaban J connectivity index is 0.000000294. The number of benzene rings is 18. The number of carbonyl (C=O) groups is 2. The van der Waals surface area contributed by atoms with Gasteiger partial charge < -0.3 is 34.2 Å². The van der Waals surface area contributed by atoms with Crippen molar-refractivity contribution in [2.45, 2.75) is 53.4 Å². The van der Waals surface area contributed by atoms with Crippen LogP contribution >= 0.6 is 0 Å². The summed E-state index contributed by atoms with van der Waals surface area (Å²) in [4.78, 5) is 34.8. The molecule has 103 heavy (non-hydrogen) atoms. The third kappa shape index (κ3) is 3.76. The molecule has 22 heteroatoms. The number of methoxy groups -OCH3 is 1. The van der Waals surface area contributed by atoms with E-state index in [4.69, 9.17) is 38.7 Å². The summed E-state index contributed by atoms with van der Waals surface area (Å²) in [6.07, 6.45) is -4.79. The Hall–Kier alpha value is -9.52. The fourth-order valence-corrected chi connectivity index (χ4v) is 27.9. The van der Waals surface area contributed by atoms with Gasteiger partial charge in [0.05, 0.1) is 63.7 Å². The average Bonchev–Trinajstić information content (AvgIpc) is 1.35. The van der Waals surface area contributed by atoms with Gasteiger partial charge in [0.1, 0.15) is 6.61 Å². The molecule has 12 nitrogen and oxygen atoms in total. The summed E-state index contributed by atoms with van der Waals surface area (Å²) in [5.74, 6) is -15.6. The van der Waals surface area contributed by atoms with E-state index in [1.165, 1.54) is 259 Å². The number of hydrogen-bond acceptors (Lipinski definition) is 11. The maximum Gasteiger partial charge on any atom is 0.460 e. The fourth-order valence-electron chi connectivity index (χ4n) is 27.5. The highest BCUT2D eigenvalue weighted by molar-refractivity contribution is 7.87. The molecule has 0 bridgehead atoms. The van der Waals surface area contributed by atoms with Crippen LogP contribution in [-0.2, 0) is 59.0 Å². The highest BCUT2D eigenvalue weighted by Crippen LogP contribution is 2.97. The van der Waals surface area contributed by atoms with Crippen LogP contribution < -0.4 is 5.73 Å². The summed E-state index contributed by atoms with van der Waals surface area (Å²) in [6.45, 7) is 3.64. The van der Waals surface area contributed by atoms with Gasteiger partial charge in [-0.25, -0.2) is 0 Å². The minimum absolute atomic E-state index is 0.00438. The molecule has 2 spiro atoms. The second-order valence-corrected chi connectivity index (χ2v) is 33.1. The smallest absolute Gasteiger partial charge is 0.460 e. The average molecular weight is 1400 g/mol. The Morgan fingerprint density at radius 2 is 0.534 bits per heavy atom. The van der Waals surface area contributed by atoms with Crippen molar-refractivity contribution in [3.05, 3.63) is 22.3 Å². The number of unbranched alkanes of at least 4 members (excludes halogenated alkanes) is 2. The minimum atomic E-state index is -7.37. The summed E-state index contributed by atoms with van der Waals surface area (Å²) < 4.78 is 171. The van der Waals surface area contributed by atoms with Crippen molar-refractivity contribution in [3.8, 4) is 0 Å². The lowest BCUT2D eigenvalue weighted by atomic mass is 9.68.